The average molecular weight is 273 g/mol. The number of ether oxygens (including phenoxy) is 1. The van der Waals surface area contributed by atoms with Crippen molar-refractivity contribution in [1.82, 2.24) is 15.1 Å². The minimum absolute atomic E-state index is 0.591. The number of nitrogens with zero attached hydrogens (tertiary/aromatic N) is 2. The second kappa shape index (κ2) is 6.57. The van der Waals surface area contributed by atoms with E-state index in [0.29, 0.717) is 6.61 Å². The molecule has 1 aromatic heterocycles. The third-order valence-corrected chi connectivity index (χ3v) is 3.58. The molecule has 1 aromatic carbocycles. The quantitative estimate of drug-likeness (QED) is 0.878. The van der Waals surface area contributed by atoms with E-state index in [0.717, 1.165) is 30.1 Å². The van der Waals surface area contributed by atoms with Crippen LogP contribution in [0.1, 0.15) is 22.5 Å². The van der Waals surface area contributed by atoms with E-state index >= 15 is 0 Å². The Morgan fingerprint density at radius 3 is 2.50 bits per heavy atom. The number of nitrogens with one attached hydrogen (secondary N) is 1. The molecule has 0 aliphatic carbocycles. The number of hydrogen-bond acceptors (Lipinski definition) is 3. The molecule has 1 heterocycles. The standard InChI is InChI=1S/C16H23N3O/c1-12-16(13(2)19(4)18-12)20-11-15-8-6-5-7-14(15)9-10-17-3/h5-8,17H,9-11H2,1-4H3. The average Bonchev–Trinajstić information content (AvgIpc) is 2.69. The zero-order valence-electron chi connectivity index (χ0n) is 12.7. The monoisotopic (exact) mass is 273 g/mol. The van der Waals surface area contributed by atoms with Crippen LogP contribution in [0, 0.1) is 13.8 Å². The maximum absolute atomic E-state index is 5.99. The van der Waals surface area contributed by atoms with Gasteiger partial charge in [0.1, 0.15) is 12.3 Å². The first-order valence-electron chi connectivity index (χ1n) is 6.98. The highest BCUT2D eigenvalue weighted by Gasteiger charge is 2.11. The number of aryl methyl sites for hydroxylation is 2. The van der Waals surface area contributed by atoms with Gasteiger partial charge < -0.3 is 10.1 Å². The molecule has 0 radical (unpaired) electrons. The minimum atomic E-state index is 0.591. The molecule has 0 saturated carbocycles. The van der Waals surface area contributed by atoms with Gasteiger partial charge in [0, 0.05) is 7.05 Å². The summed E-state index contributed by atoms with van der Waals surface area (Å²) < 4.78 is 7.85. The van der Waals surface area contributed by atoms with E-state index in [2.05, 4.69) is 34.7 Å². The lowest BCUT2D eigenvalue weighted by atomic mass is 10.1. The van der Waals surface area contributed by atoms with E-state index in [1.165, 1.54) is 11.1 Å². The van der Waals surface area contributed by atoms with Crippen LogP contribution in [-0.2, 0) is 20.1 Å². The maximum Gasteiger partial charge on any atom is 0.163 e. The van der Waals surface area contributed by atoms with Gasteiger partial charge in [-0.05, 0) is 45.0 Å². The summed E-state index contributed by atoms with van der Waals surface area (Å²) in [5.74, 6) is 0.899. The highest BCUT2D eigenvalue weighted by molar-refractivity contribution is 5.33. The van der Waals surface area contributed by atoms with Crippen molar-refractivity contribution in [3.8, 4) is 5.75 Å². The lowest BCUT2D eigenvalue weighted by Crippen LogP contribution is -2.12. The van der Waals surface area contributed by atoms with Crippen LogP contribution in [0.3, 0.4) is 0 Å². The topological polar surface area (TPSA) is 39.1 Å². The Bertz CT molecular complexity index is 575. The van der Waals surface area contributed by atoms with Crippen LogP contribution in [0.4, 0.5) is 0 Å². The van der Waals surface area contributed by atoms with Gasteiger partial charge in [0.2, 0.25) is 0 Å². The molecule has 4 nitrogen and oxygen atoms in total. The lowest BCUT2D eigenvalue weighted by molar-refractivity contribution is 0.300. The molecular formula is C16H23N3O. The molecule has 0 spiro atoms. The Balaban J connectivity index is 2.10. The highest BCUT2D eigenvalue weighted by atomic mass is 16.5. The molecule has 0 aliphatic heterocycles. The summed E-state index contributed by atoms with van der Waals surface area (Å²) in [6, 6.07) is 8.44. The van der Waals surface area contributed by atoms with Crippen LogP contribution >= 0.6 is 0 Å². The summed E-state index contributed by atoms with van der Waals surface area (Å²) >= 11 is 0. The molecule has 20 heavy (non-hydrogen) atoms. The fourth-order valence-corrected chi connectivity index (χ4v) is 2.31. The summed E-state index contributed by atoms with van der Waals surface area (Å²) in [5, 5.41) is 7.56. The van der Waals surface area contributed by atoms with Gasteiger partial charge in [0.15, 0.2) is 5.75 Å². The summed E-state index contributed by atoms with van der Waals surface area (Å²) in [4.78, 5) is 0. The fourth-order valence-electron chi connectivity index (χ4n) is 2.31. The largest absolute Gasteiger partial charge is 0.485 e. The number of benzene rings is 1. The van der Waals surface area contributed by atoms with Gasteiger partial charge in [0.25, 0.3) is 0 Å². The summed E-state index contributed by atoms with van der Waals surface area (Å²) in [6.45, 7) is 5.58. The molecule has 0 saturated heterocycles. The molecule has 4 heteroatoms. The van der Waals surface area contributed by atoms with Crippen LogP contribution < -0.4 is 10.1 Å². The van der Waals surface area contributed by atoms with Crippen molar-refractivity contribution in [2.24, 2.45) is 7.05 Å². The Hall–Kier alpha value is -1.81. The Labute approximate surface area is 120 Å². The molecule has 2 rings (SSSR count). The normalized spacial score (nSPS) is 10.8. The van der Waals surface area contributed by atoms with E-state index in [1.54, 1.807) is 0 Å². The van der Waals surface area contributed by atoms with Gasteiger partial charge in [0.05, 0.1) is 5.69 Å². The first kappa shape index (κ1) is 14.6. The number of hydrogen-bond donors (Lipinski definition) is 1. The third kappa shape index (κ3) is 3.20. The summed E-state index contributed by atoms with van der Waals surface area (Å²) in [5.41, 5.74) is 4.58. The van der Waals surface area contributed by atoms with E-state index in [1.807, 2.05) is 32.6 Å². The number of rotatable bonds is 6. The van der Waals surface area contributed by atoms with Gasteiger partial charge in [-0.25, -0.2) is 0 Å². The predicted molar refractivity (Wildman–Crippen MR) is 81.1 cm³/mol. The second-order valence-electron chi connectivity index (χ2n) is 5.03. The van der Waals surface area contributed by atoms with E-state index in [4.69, 9.17) is 4.74 Å². The Morgan fingerprint density at radius 2 is 1.90 bits per heavy atom. The molecule has 0 amide bonds. The third-order valence-electron chi connectivity index (χ3n) is 3.58. The van der Waals surface area contributed by atoms with Gasteiger partial charge in [-0.3, -0.25) is 4.68 Å². The van der Waals surface area contributed by atoms with Gasteiger partial charge in [-0.15, -0.1) is 0 Å². The van der Waals surface area contributed by atoms with Crippen LogP contribution in [0.5, 0.6) is 5.75 Å². The zero-order valence-corrected chi connectivity index (χ0v) is 12.7. The van der Waals surface area contributed by atoms with Crippen LogP contribution in [0.2, 0.25) is 0 Å². The molecule has 0 atom stereocenters. The lowest BCUT2D eigenvalue weighted by Gasteiger charge is -2.11. The molecular weight excluding hydrogens is 250 g/mol. The second-order valence-corrected chi connectivity index (χ2v) is 5.03. The molecule has 0 bridgehead atoms. The summed E-state index contributed by atoms with van der Waals surface area (Å²) in [6.07, 6.45) is 1.01. The maximum atomic E-state index is 5.99. The van der Waals surface area contributed by atoms with Crippen LogP contribution in [-0.4, -0.2) is 23.4 Å². The molecule has 108 valence electrons. The predicted octanol–water partition coefficient (Wildman–Crippen LogP) is 2.38. The first-order chi connectivity index (χ1) is 9.63. The number of likely N-dealkylation sites (N-methyl/N-ethyl adjacent to an activating group) is 1. The fraction of sp³-hybridized carbons (Fsp3) is 0.438. The van der Waals surface area contributed by atoms with E-state index in [-0.39, 0.29) is 0 Å². The number of aromatic nitrogens is 2. The van der Waals surface area contributed by atoms with Gasteiger partial charge >= 0.3 is 0 Å². The summed E-state index contributed by atoms with van der Waals surface area (Å²) in [7, 11) is 3.91. The van der Waals surface area contributed by atoms with Crippen LogP contribution in [0.25, 0.3) is 0 Å². The first-order valence-corrected chi connectivity index (χ1v) is 6.98. The van der Waals surface area contributed by atoms with Crippen molar-refractivity contribution in [1.29, 1.82) is 0 Å². The molecule has 0 fully saturated rings. The van der Waals surface area contributed by atoms with Crippen molar-refractivity contribution in [3.05, 3.63) is 46.8 Å². The smallest absolute Gasteiger partial charge is 0.163 e. The molecule has 0 unspecified atom stereocenters. The van der Waals surface area contributed by atoms with Crippen LogP contribution in [0.15, 0.2) is 24.3 Å². The van der Waals surface area contributed by atoms with Gasteiger partial charge in [-0.1, -0.05) is 24.3 Å². The van der Waals surface area contributed by atoms with Crippen molar-refractivity contribution >= 4 is 0 Å². The van der Waals surface area contributed by atoms with Crippen molar-refractivity contribution < 1.29 is 4.74 Å². The highest BCUT2D eigenvalue weighted by Crippen LogP contribution is 2.23. The van der Waals surface area contributed by atoms with E-state index < -0.39 is 0 Å². The van der Waals surface area contributed by atoms with E-state index in [9.17, 15) is 0 Å². The SMILES string of the molecule is CNCCc1ccccc1COc1c(C)nn(C)c1C. The van der Waals surface area contributed by atoms with Crippen molar-refractivity contribution in [2.75, 3.05) is 13.6 Å². The Kier molecular flexibility index (Phi) is 4.79. The van der Waals surface area contributed by atoms with Gasteiger partial charge in [-0.2, -0.15) is 5.10 Å². The molecule has 0 aliphatic rings. The minimum Gasteiger partial charge on any atom is -0.485 e. The molecule has 2 aromatic rings. The van der Waals surface area contributed by atoms with Crippen molar-refractivity contribution in [2.45, 2.75) is 26.9 Å². The Morgan fingerprint density at radius 1 is 1.20 bits per heavy atom. The zero-order chi connectivity index (χ0) is 14.5. The van der Waals surface area contributed by atoms with Crippen molar-refractivity contribution in [3.63, 3.8) is 0 Å². The molecule has 1 N–H and O–H groups in total.